The minimum Gasteiger partial charge on any atom is -0.339 e. The minimum absolute atomic E-state index is 0.00567. The second kappa shape index (κ2) is 8.66. The van der Waals surface area contributed by atoms with Crippen LogP contribution in [-0.4, -0.2) is 37.9 Å². The van der Waals surface area contributed by atoms with E-state index in [1.807, 2.05) is 45.9 Å². The summed E-state index contributed by atoms with van der Waals surface area (Å²) in [6.45, 7) is 7.82. The molecule has 0 unspecified atom stereocenters. The smallest absolute Gasteiger partial charge is 0.280 e. The predicted octanol–water partition coefficient (Wildman–Crippen LogP) is 3.68. The highest BCUT2D eigenvalue weighted by Gasteiger charge is 2.20. The van der Waals surface area contributed by atoms with Crippen molar-refractivity contribution in [3.05, 3.63) is 65.9 Å². The van der Waals surface area contributed by atoms with Gasteiger partial charge in [-0.15, -0.1) is 10.2 Å². The maximum absolute atomic E-state index is 12.7. The molecule has 0 saturated heterocycles. The van der Waals surface area contributed by atoms with Gasteiger partial charge in [-0.3, -0.25) is 4.72 Å². The zero-order valence-electron chi connectivity index (χ0n) is 19.1. The van der Waals surface area contributed by atoms with Crippen molar-refractivity contribution >= 4 is 27.2 Å². The summed E-state index contributed by atoms with van der Waals surface area (Å²) in [6.07, 6.45) is 1.52. The monoisotopic (exact) mass is 466 g/mol. The van der Waals surface area contributed by atoms with E-state index in [0.717, 1.165) is 17.1 Å². The van der Waals surface area contributed by atoms with Crippen LogP contribution >= 0.6 is 0 Å². The van der Waals surface area contributed by atoms with Gasteiger partial charge in [0.25, 0.3) is 10.0 Å². The predicted molar refractivity (Wildman–Crippen MR) is 126 cm³/mol. The van der Waals surface area contributed by atoms with Crippen LogP contribution in [0.3, 0.4) is 0 Å². The van der Waals surface area contributed by atoms with Gasteiger partial charge in [0.1, 0.15) is 5.82 Å². The average Bonchev–Trinajstić information content (AvgIpc) is 3.32. The number of anilines is 3. The van der Waals surface area contributed by atoms with Crippen molar-refractivity contribution in [2.24, 2.45) is 7.05 Å². The maximum Gasteiger partial charge on any atom is 0.280 e. The normalized spacial score (nSPS) is 11.7. The molecule has 4 aromatic rings. The van der Waals surface area contributed by atoms with Crippen molar-refractivity contribution in [1.29, 1.82) is 0 Å². The van der Waals surface area contributed by atoms with Gasteiger partial charge in [-0.1, -0.05) is 13.8 Å². The minimum atomic E-state index is -3.79. The SMILES string of the molecule is Cc1cc(C)n(-c2ccc(Nc3ccc(NS(=O)(=O)c4cn(C)c(C(C)C)n4)cc3)nn2)n1. The molecule has 4 rings (SSSR count). The summed E-state index contributed by atoms with van der Waals surface area (Å²) in [5.74, 6) is 2.02. The zero-order valence-corrected chi connectivity index (χ0v) is 19.9. The highest BCUT2D eigenvalue weighted by atomic mass is 32.2. The number of benzene rings is 1. The molecule has 0 bridgehead atoms. The fourth-order valence-corrected chi connectivity index (χ4v) is 4.52. The maximum atomic E-state index is 12.7. The lowest BCUT2D eigenvalue weighted by Gasteiger charge is -2.09. The lowest BCUT2D eigenvalue weighted by molar-refractivity contribution is 0.597. The Morgan fingerprint density at radius 3 is 2.21 bits per heavy atom. The summed E-state index contributed by atoms with van der Waals surface area (Å²) in [5, 5.41) is 16.0. The summed E-state index contributed by atoms with van der Waals surface area (Å²) in [7, 11) is -2.00. The van der Waals surface area contributed by atoms with E-state index in [-0.39, 0.29) is 10.9 Å². The van der Waals surface area contributed by atoms with Gasteiger partial charge < -0.3 is 9.88 Å². The van der Waals surface area contributed by atoms with E-state index in [1.165, 1.54) is 6.20 Å². The molecule has 11 heteroatoms. The van der Waals surface area contributed by atoms with Crippen LogP contribution in [0.5, 0.6) is 0 Å². The Balaban J connectivity index is 1.44. The molecule has 0 atom stereocenters. The molecule has 0 saturated carbocycles. The van der Waals surface area contributed by atoms with Crippen LogP contribution in [0.1, 0.15) is 37.0 Å². The molecule has 10 nitrogen and oxygen atoms in total. The van der Waals surface area contributed by atoms with E-state index in [4.69, 9.17) is 0 Å². The molecule has 0 radical (unpaired) electrons. The van der Waals surface area contributed by atoms with E-state index in [2.05, 4.69) is 30.3 Å². The Bertz CT molecular complexity index is 1370. The zero-order chi connectivity index (χ0) is 23.8. The number of aryl methyl sites for hydroxylation is 3. The van der Waals surface area contributed by atoms with Gasteiger partial charge in [-0.2, -0.15) is 13.5 Å². The van der Waals surface area contributed by atoms with E-state index in [9.17, 15) is 8.42 Å². The number of nitrogens with one attached hydrogen (secondary N) is 2. The number of sulfonamides is 1. The Morgan fingerprint density at radius 1 is 0.970 bits per heavy atom. The molecule has 0 aliphatic carbocycles. The number of rotatable bonds is 7. The molecule has 172 valence electrons. The first-order valence-corrected chi connectivity index (χ1v) is 11.9. The van der Waals surface area contributed by atoms with Gasteiger partial charge in [0, 0.05) is 36.2 Å². The Labute approximate surface area is 192 Å². The number of hydrogen-bond donors (Lipinski definition) is 2. The standard InChI is InChI=1S/C22H26N8O2S/c1-14(2)22-24-21(13-29(22)5)33(31,32)28-18-8-6-17(7-9-18)23-19-10-11-20(26-25-19)30-16(4)12-15(3)27-30/h6-14,28H,1-5H3,(H,23,25). The third-order valence-electron chi connectivity index (χ3n) is 4.97. The molecule has 2 N–H and O–H groups in total. The molecule has 0 aliphatic rings. The van der Waals surface area contributed by atoms with Gasteiger partial charge in [0.05, 0.1) is 5.69 Å². The van der Waals surface area contributed by atoms with Gasteiger partial charge in [-0.25, -0.2) is 9.67 Å². The average molecular weight is 467 g/mol. The Morgan fingerprint density at radius 2 is 1.67 bits per heavy atom. The Hall–Kier alpha value is -3.73. The number of nitrogens with zero attached hydrogens (tertiary/aromatic N) is 6. The lowest BCUT2D eigenvalue weighted by Crippen LogP contribution is -2.13. The number of imidazole rings is 1. The third kappa shape index (κ3) is 4.87. The molecule has 0 amide bonds. The van der Waals surface area contributed by atoms with Crippen LogP contribution in [-0.2, 0) is 17.1 Å². The fourth-order valence-electron chi connectivity index (χ4n) is 3.46. The molecule has 0 spiro atoms. The van der Waals surface area contributed by atoms with Crippen LogP contribution in [0.4, 0.5) is 17.2 Å². The molecule has 1 aromatic carbocycles. The van der Waals surface area contributed by atoms with Gasteiger partial charge in [0.15, 0.2) is 16.7 Å². The quantitative estimate of drug-likeness (QED) is 0.426. The topological polar surface area (TPSA) is 120 Å². The molecule has 33 heavy (non-hydrogen) atoms. The van der Waals surface area contributed by atoms with Crippen LogP contribution in [0, 0.1) is 13.8 Å². The molecule has 3 heterocycles. The van der Waals surface area contributed by atoms with Gasteiger partial charge in [-0.05, 0) is 56.3 Å². The third-order valence-corrected chi connectivity index (χ3v) is 6.22. The molecule has 3 aromatic heterocycles. The van der Waals surface area contributed by atoms with Crippen molar-refractivity contribution in [3.63, 3.8) is 0 Å². The van der Waals surface area contributed by atoms with Crippen LogP contribution < -0.4 is 10.0 Å². The first-order chi connectivity index (χ1) is 15.6. The summed E-state index contributed by atoms with van der Waals surface area (Å²) in [4.78, 5) is 4.26. The second-order valence-electron chi connectivity index (χ2n) is 8.13. The number of aromatic nitrogens is 6. The van der Waals surface area contributed by atoms with Crippen molar-refractivity contribution < 1.29 is 8.42 Å². The van der Waals surface area contributed by atoms with E-state index in [1.54, 1.807) is 40.6 Å². The van der Waals surface area contributed by atoms with E-state index >= 15 is 0 Å². The molecular formula is C22H26N8O2S. The van der Waals surface area contributed by atoms with E-state index in [0.29, 0.717) is 23.1 Å². The van der Waals surface area contributed by atoms with Crippen molar-refractivity contribution in [1.82, 2.24) is 29.5 Å². The highest BCUT2D eigenvalue weighted by Crippen LogP contribution is 2.22. The molecule has 0 aliphatic heterocycles. The Kier molecular flexibility index (Phi) is 5.90. The second-order valence-corrected chi connectivity index (χ2v) is 9.76. The summed E-state index contributed by atoms with van der Waals surface area (Å²) < 4.78 is 31.5. The first kappa shape index (κ1) is 22.5. The van der Waals surface area contributed by atoms with Gasteiger partial charge in [0.2, 0.25) is 0 Å². The highest BCUT2D eigenvalue weighted by molar-refractivity contribution is 7.92. The summed E-state index contributed by atoms with van der Waals surface area (Å²) in [6, 6.07) is 12.5. The van der Waals surface area contributed by atoms with E-state index < -0.39 is 10.0 Å². The van der Waals surface area contributed by atoms with Crippen LogP contribution in [0.2, 0.25) is 0 Å². The van der Waals surface area contributed by atoms with Crippen LogP contribution in [0.15, 0.2) is 53.7 Å². The fraction of sp³-hybridized carbons (Fsp3) is 0.273. The molecular weight excluding hydrogens is 440 g/mol. The van der Waals surface area contributed by atoms with Crippen LogP contribution in [0.25, 0.3) is 5.82 Å². The summed E-state index contributed by atoms with van der Waals surface area (Å²) >= 11 is 0. The first-order valence-electron chi connectivity index (χ1n) is 10.4. The summed E-state index contributed by atoms with van der Waals surface area (Å²) in [5.41, 5.74) is 3.07. The molecule has 0 fully saturated rings. The van der Waals surface area contributed by atoms with Crippen molar-refractivity contribution in [3.8, 4) is 5.82 Å². The van der Waals surface area contributed by atoms with Crippen molar-refractivity contribution in [2.75, 3.05) is 10.0 Å². The van der Waals surface area contributed by atoms with Gasteiger partial charge >= 0.3 is 0 Å². The lowest BCUT2D eigenvalue weighted by atomic mass is 10.2. The van der Waals surface area contributed by atoms with Crippen molar-refractivity contribution in [2.45, 2.75) is 38.6 Å². The number of hydrogen-bond acceptors (Lipinski definition) is 7. The largest absolute Gasteiger partial charge is 0.339 e.